The first-order valence-electron chi connectivity index (χ1n) is 1.95. The monoisotopic (exact) mass is 121 g/mol. The predicted molar refractivity (Wildman–Crippen MR) is 27.5 cm³/mol. The van der Waals surface area contributed by atoms with Crippen molar-refractivity contribution in [2.45, 2.75) is 6.41 Å². The molecule has 0 aromatic carbocycles. The number of hydrogen-bond donors (Lipinski definition) is 1. The molecule has 0 bridgehead atoms. The molecule has 0 aromatic heterocycles. The molecule has 0 aromatic rings. The average Bonchev–Trinajstić information content (AvgIpc) is 2.14. The minimum atomic E-state index is -0.190. The van der Waals surface area contributed by atoms with Crippen molar-refractivity contribution in [1.29, 1.82) is 0 Å². The molecule has 42 valence electrons. The van der Waals surface area contributed by atoms with Crippen LogP contribution in [0.1, 0.15) is 0 Å². The summed E-state index contributed by atoms with van der Waals surface area (Å²) in [4.78, 5) is 0. The molecular weight excluding hydrogens is 114 g/mol. The Balaban J connectivity index is 2.14. The van der Waals surface area contributed by atoms with Gasteiger partial charge in [-0.3, -0.25) is 0 Å². The van der Waals surface area contributed by atoms with Gasteiger partial charge < -0.3 is 9.47 Å². The largest absolute Gasteiger partial charge is 0.343 e. The van der Waals surface area contributed by atoms with Crippen LogP contribution in [0.3, 0.4) is 0 Å². The van der Waals surface area contributed by atoms with Crippen LogP contribution in [0.15, 0.2) is 0 Å². The Hall–Kier alpha value is 0.230. The van der Waals surface area contributed by atoms with E-state index in [1.165, 1.54) is 11.9 Å². The molecule has 0 aliphatic carbocycles. The second-order valence-corrected chi connectivity index (χ2v) is 1.87. The lowest BCUT2D eigenvalue weighted by atomic mass is 11.1. The maximum absolute atomic E-state index is 4.93. The Morgan fingerprint density at radius 3 is 3.14 bits per heavy atom. The van der Waals surface area contributed by atoms with Crippen LogP contribution < -0.4 is 4.72 Å². The van der Waals surface area contributed by atoms with E-state index in [-0.39, 0.29) is 6.41 Å². The maximum Gasteiger partial charge on any atom is 0.225 e. The Bertz CT molecular complexity index is 54.9. The highest BCUT2D eigenvalue weighted by molar-refractivity contribution is 7.97. The van der Waals surface area contributed by atoms with E-state index >= 15 is 0 Å². The van der Waals surface area contributed by atoms with Crippen molar-refractivity contribution in [2.75, 3.05) is 13.0 Å². The molecule has 1 atom stereocenters. The van der Waals surface area contributed by atoms with E-state index in [1.54, 1.807) is 7.11 Å². The van der Waals surface area contributed by atoms with Crippen LogP contribution in [-0.4, -0.2) is 19.5 Å². The van der Waals surface area contributed by atoms with Crippen LogP contribution in [0.2, 0.25) is 0 Å². The third kappa shape index (κ3) is 1.31. The number of hydrogen-bond acceptors (Lipinski definition) is 4. The van der Waals surface area contributed by atoms with E-state index in [9.17, 15) is 0 Å². The van der Waals surface area contributed by atoms with E-state index in [0.717, 1.165) is 0 Å². The van der Waals surface area contributed by atoms with E-state index in [1.807, 2.05) is 0 Å². The van der Waals surface area contributed by atoms with Crippen LogP contribution in [0.25, 0.3) is 0 Å². The van der Waals surface area contributed by atoms with Crippen molar-refractivity contribution >= 4 is 11.9 Å². The third-order valence-corrected chi connectivity index (χ3v) is 1.29. The lowest BCUT2D eigenvalue weighted by Gasteiger charge is -2.02. The topological polar surface area (TPSA) is 30.5 Å². The maximum atomic E-state index is 4.93. The molecule has 1 rings (SSSR count). The third-order valence-electron chi connectivity index (χ3n) is 0.672. The molecule has 1 fully saturated rings. The van der Waals surface area contributed by atoms with Gasteiger partial charge in [-0.05, 0) is 11.9 Å². The van der Waals surface area contributed by atoms with Gasteiger partial charge in [0.1, 0.15) is 5.94 Å². The van der Waals surface area contributed by atoms with Crippen LogP contribution in [0, 0.1) is 0 Å². The van der Waals surface area contributed by atoms with E-state index in [0.29, 0.717) is 5.94 Å². The summed E-state index contributed by atoms with van der Waals surface area (Å²) in [7, 11) is 1.60. The summed E-state index contributed by atoms with van der Waals surface area (Å²) in [6, 6.07) is 0. The smallest absolute Gasteiger partial charge is 0.225 e. The summed E-state index contributed by atoms with van der Waals surface area (Å²) in [5.74, 6) is 0.679. The van der Waals surface area contributed by atoms with Crippen molar-refractivity contribution in [3.05, 3.63) is 0 Å². The molecule has 1 saturated heterocycles. The van der Waals surface area contributed by atoms with Crippen molar-refractivity contribution < 1.29 is 9.47 Å². The normalized spacial score (nSPS) is 31.3. The van der Waals surface area contributed by atoms with Crippen LogP contribution in [-0.2, 0) is 9.47 Å². The Kier molecular flexibility index (Phi) is 1.93. The second-order valence-electron chi connectivity index (χ2n) is 1.11. The number of rotatable bonds is 1. The minimum absolute atomic E-state index is 0.190. The van der Waals surface area contributed by atoms with Crippen LogP contribution in [0.5, 0.6) is 0 Å². The molecule has 0 spiro atoms. The molecule has 4 heteroatoms. The zero-order valence-corrected chi connectivity index (χ0v) is 4.83. The van der Waals surface area contributed by atoms with Gasteiger partial charge in [0.05, 0.1) is 0 Å². The number of methoxy groups -OCH3 is 1. The zero-order valence-electron chi connectivity index (χ0n) is 4.01. The first-order chi connectivity index (χ1) is 3.43. The SMILES string of the molecule is COC1NSCO1. The highest BCUT2D eigenvalue weighted by atomic mass is 32.2. The van der Waals surface area contributed by atoms with Gasteiger partial charge in [0.25, 0.3) is 0 Å². The Morgan fingerprint density at radius 1 is 2.00 bits per heavy atom. The Labute approximate surface area is 46.5 Å². The summed E-state index contributed by atoms with van der Waals surface area (Å²) in [6.07, 6.45) is -0.190. The minimum Gasteiger partial charge on any atom is -0.343 e. The standard InChI is InChI=1S/C3H7NO2S/c1-5-3-4-7-2-6-3/h3-4H,2H2,1H3. The van der Waals surface area contributed by atoms with E-state index in [2.05, 4.69) is 4.72 Å². The highest BCUT2D eigenvalue weighted by Crippen LogP contribution is 2.08. The molecule has 7 heavy (non-hydrogen) atoms. The molecule has 1 unspecified atom stereocenters. The number of nitrogens with one attached hydrogen (secondary N) is 1. The van der Waals surface area contributed by atoms with E-state index < -0.39 is 0 Å². The number of ether oxygens (including phenoxy) is 2. The van der Waals surface area contributed by atoms with Crippen molar-refractivity contribution in [3.8, 4) is 0 Å². The first kappa shape index (κ1) is 5.37. The van der Waals surface area contributed by atoms with Gasteiger partial charge >= 0.3 is 0 Å². The summed E-state index contributed by atoms with van der Waals surface area (Å²) in [5.41, 5.74) is 0. The molecule has 1 heterocycles. The van der Waals surface area contributed by atoms with Gasteiger partial charge in [-0.25, -0.2) is 4.72 Å². The zero-order chi connectivity index (χ0) is 5.11. The average molecular weight is 121 g/mol. The van der Waals surface area contributed by atoms with Crippen LogP contribution >= 0.6 is 11.9 Å². The molecule has 3 nitrogen and oxygen atoms in total. The molecule has 1 aliphatic rings. The fourth-order valence-electron chi connectivity index (χ4n) is 0.348. The van der Waals surface area contributed by atoms with Gasteiger partial charge in [0.15, 0.2) is 0 Å². The lowest BCUT2D eigenvalue weighted by Crippen LogP contribution is -2.19. The van der Waals surface area contributed by atoms with Gasteiger partial charge in [-0.2, -0.15) is 0 Å². The van der Waals surface area contributed by atoms with Crippen LogP contribution in [0.4, 0.5) is 0 Å². The van der Waals surface area contributed by atoms with Gasteiger partial charge in [-0.1, -0.05) is 0 Å². The molecule has 1 aliphatic heterocycles. The Morgan fingerprint density at radius 2 is 2.86 bits per heavy atom. The van der Waals surface area contributed by atoms with Crippen molar-refractivity contribution in [1.82, 2.24) is 4.72 Å². The molecule has 0 saturated carbocycles. The second kappa shape index (κ2) is 2.52. The fourth-order valence-corrected chi connectivity index (χ4v) is 0.908. The molecule has 1 N–H and O–H groups in total. The summed E-state index contributed by atoms with van der Waals surface area (Å²) >= 11 is 1.51. The molecular formula is C3H7NO2S. The lowest BCUT2D eigenvalue weighted by molar-refractivity contribution is -0.100. The molecule has 0 amide bonds. The summed E-state index contributed by atoms with van der Waals surface area (Å²) in [5, 5.41) is 0. The fraction of sp³-hybridized carbons (Fsp3) is 1.00. The van der Waals surface area contributed by atoms with Crippen molar-refractivity contribution in [3.63, 3.8) is 0 Å². The van der Waals surface area contributed by atoms with Crippen molar-refractivity contribution in [2.24, 2.45) is 0 Å². The summed E-state index contributed by atoms with van der Waals surface area (Å²) in [6.45, 7) is 0. The summed E-state index contributed by atoms with van der Waals surface area (Å²) < 4.78 is 12.6. The van der Waals surface area contributed by atoms with E-state index in [4.69, 9.17) is 9.47 Å². The predicted octanol–water partition coefficient (Wildman–Crippen LogP) is 0.142. The van der Waals surface area contributed by atoms with Gasteiger partial charge in [0, 0.05) is 7.11 Å². The highest BCUT2D eigenvalue weighted by Gasteiger charge is 2.11. The quantitative estimate of drug-likeness (QED) is 0.500. The molecule has 0 radical (unpaired) electrons. The van der Waals surface area contributed by atoms with Gasteiger partial charge in [0.2, 0.25) is 6.41 Å². The first-order valence-corrected chi connectivity index (χ1v) is 2.94. The van der Waals surface area contributed by atoms with Gasteiger partial charge in [-0.15, -0.1) is 0 Å².